The molecule has 1 aliphatic rings. The van der Waals surface area contributed by atoms with E-state index in [0.29, 0.717) is 11.6 Å². The van der Waals surface area contributed by atoms with E-state index in [9.17, 15) is 0 Å². The molecule has 110 valence electrons. The third-order valence-electron chi connectivity index (χ3n) is 3.88. The lowest BCUT2D eigenvalue weighted by Crippen LogP contribution is -2.05. The van der Waals surface area contributed by atoms with E-state index in [2.05, 4.69) is 12.1 Å². The summed E-state index contributed by atoms with van der Waals surface area (Å²) in [7, 11) is 1.64. The number of benzene rings is 2. The summed E-state index contributed by atoms with van der Waals surface area (Å²) in [6.45, 7) is 0.425. The number of halogens is 1. The van der Waals surface area contributed by atoms with E-state index in [-0.39, 0.29) is 6.04 Å². The molecule has 0 saturated carbocycles. The molecule has 0 aromatic heterocycles. The molecule has 2 N–H and O–H groups in total. The smallest absolute Gasteiger partial charge is 0.125 e. The van der Waals surface area contributed by atoms with Crippen LogP contribution in [0.2, 0.25) is 5.02 Å². The number of nitrogens with two attached hydrogens (primary N) is 1. The highest BCUT2D eigenvalue weighted by atomic mass is 35.5. The van der Waals surface area contributed by atoms with Gasteiger partial charge in [-0.05, 0) is 54.3 Å². The van der Waals surface area contributed by atoms with Crippen LogP contribution < -0.4 is 15.2 Å². The monoisotopic (exact) mass is 303 g/mol. The molecule has 1 aliphatic carbocycles. The maximum atomic E-state index is 6.04. The molecular formula is C17H18ClNO2. The van der Waals surface area contributed by atoms with Gasteiger partial charge in [-0.1, -0.05) is 17.7 Å². The van der Waals surface area contributed by atoms with Crippen molar-refractivity contribution in [3.63, 3.8) is 0 Å². The van der Waals surface area contributed by atoms with Crippen LogP contribution in [0.15, 0.2) is 36.4 Å². The quantitative estimate of drug-likeness (QED) is 0.932. The lowest BCUT2D eigenvalue weighted by atomic mass is 10.1. The van der Waals surface area contributed by atoms with Gasteiger partial charge in [0.2, 0.25) is 0 Å². The number of hydrogen-bond donors (Lipinski definition) is 1. The van der Waals surface area contributed by atoms with Crippen LogP contribution in [0.4, 0.5) is 0 Å². The molecule has 1 unspecified atom stereocenters. The van der Waals surface area contributed by atoms with Crippen LogP contribution in [0.25, 0.3) is 0 Å². The Morgan fingerprint density at radius 3 is 2.90 bits per heavy atom. The van der Waals surface area contributed by atoms with Crippen molar-refractivity contribution in [1.82, 2.24) is 0 Å². The Bertz CT molecular complexity index is 657. The van der Waals surface area contributed by atoms with Gasteiger partial charge in [-0.3, -0.25) is 0 Å². The first-order chi connectivity index (χ1) is 10.2. The topological polar surface area (TPSA) is 44.5 Å². The molecule has 0 radical (unpaired) electrons. The molecule has 3 rings (SSSR count). The highest BCUT2D eigenvalue weighted by Crippen LogP contribution is 2.32. The molecule has 0 amide bonds. The third-order valence-corrected chi connectivity index (χ3v) is 4.11. The first-order valence-electron chi connectivity index (χ1n) is 7.01. The van der Waals surface area contributed by atoms with Gasteiger partial charge in [0.15, 0.2) is 0 Å². The van der Waals surface area contributed by atoms with Crippen LogP contribution in [-0.4, -0.2) is 7.11 Å². The second-order valence-electron chi connectivity index (χ2n) is 5.25. The second kappa shape index (κ2) is 5.96. The summed E-state index contributed by atoms with van der Waals surface area (Å²) >= 11 is 6.02. The molecular weight excluding hydrogens is 286 g/mol. The molecule has 0 heterocycles. The summed E-state index contributed by atoms with van der Waals surface area (Å²) in [5.41, 5.74) is 9.51. The van der Waals surface area contributed by atoms with Crippen LogP contribution in [0.3, 0.4) is 0 Å². The summed E-state index contributed by atoms with van der Waals surface area (Å²) in [5, 5.41) is 0.675. The van der Waals surface area contributed by atoms with Crippen molar-refractivity contribution in [3.05, 3.63) is 58.1 Å². The van der Waals surface area contributed by atoms with Crippen LogP contribution >= 0.6 is 11.6 Å². The number of rotatable bonds is 4. The fraction of sp³-hybridized carbons (Fsp3) is 0.294. The largest absolute Gasteiger partial charge is 0.496 e. The number of methoxy groups -OCH3 is 1. The molecule has 0 aliphatic heterocycles. The molecule has 4 heteroatoms. The van der Waals surface area contributed by atoms with Crippen molar-refractivity contribution in [1.29, 1.82) is 0 Å². The van der Waals surface area contributed by atoms with Crippen LogP contribution in [0.1, 0.15) is 29.2 Å². The van der Waals surface area contributed by atoms with Crippen LogP contribution in [-0.2, 0) is 13.0 Å². The zero-order chi connectivity index (χ0) is 14.8. The Balaban J connectivity index is 1.75. The average Bonchev–Trinajstić information content (AvgIpc) is 2.86. The maximum absolute atomic E-state index is 6.04. The highest BCUT2D eigenvalue weighted by Gasteiger charge is 2.19. The highest BCUT2D eigenvalue weighted by molar-refractivity contribution is 6.30. The Kier molecular flexibility index (Phi) is 4.04. The van der Waals surface area contributed by atoms with E-state index in [1.807, 2.05) is 18.2 Å². The Morgan fingerprint density at radius 2 is 2.10 bits per heavy atom. The normalized spacial score (nSPS) is 16.6. The third kappa shape index (κ3) is 2.99. The second-order valence-corrected chi connectivity index (χ2v) is 5.69. The van der Waals surface area contributed by atoms with Crippen LogP contribution in [0, 0.1) is 0 Å². The van der Waals surface area contributed by atoms with Gasteiger partial charge in [-0.2, -0.15) is 0 Å². The fourth-order valence-electron chi connectivity index (χ4n) is 2.74. The molecule has 3 nitrogen and oxygen atoms in total. The van der Waals surface area contributed by atoms with Gasteiger partial charge in [0, 0.05) is 16.6 Å². The maximum Gasteiger partial charge on any atom is 0.125 e. The van der Waals surface area contributed by atoms with Gasteiger partial charge < -0.3 is 15.2 Å². The predicted octanol–water partition coefficient (Wildman–Crippen LogP) is 3.87. The van der Waals surface area contributed by atoms with Crippen LogP contribution in [0.5, 0.6) is 11.5 Å². The molecule has 2 aromatic carbocycles. The molecule has 21 heavy (non-hydrogen) atoms. The van der Waals surface area contributed by atoms with Gasteiger partial charge in [-0.25, -0.2) is 0 Å². The minimum Gasteiger partial charge on any atom is -0.496 e. The van der Waals surface area contributed by atoms with E-state index in [1.165, 1.54) is 11.1 Å². The zero-order valence-electron chi connectivity index (χ0n) is 11.9. The van der Waals surface area contributed by atoms with Gasteiger partial charge in [0.1, 0.15) is 18.1 Å². The SMILES string of the molecule is COc1ccc(Cl)cc1COc1ccc2c(c1)CCC2N. The standard InChI is InChI=1S/C17H18ClNO2/c1-20-17-7-3-13(18)8-12(17)10-21-14-4-5-15-11(9-14)2-6-16(15)19/h3-5,7-9,16H,2,6,10,19H2,1H3. The first kappa shape index (κ1) is 14.2. The molecule has 0 bridgehead atoms. The fourth-order valence-corrected chi connectivity index (χ4v) is 2.93. The number of aryl methyl sites for hydroxylation is 1. The summed E-state index contributed by atoms with van der Waals surface area (Å²) in [5.74, 6) is 1.63. The zero-order valence-corrected chi connectivity index (χ0v) is 12.7. The summed E-state index contributed by atoms with van der Waals surface area (Å²) < 4.78 is 11.2. The van der Waals surface area contributed by atoms with Crippen molar-refractivity contribution in [3.8, 4) is 11.5 Å². The van der Waals surface area contributed by atoms with E-state index in [1.54, 1.807) is 13.2 Å². The molecule has 0 saturated heterocycles. The Hall–Kier alpha value is -1.71. The van der Waals surface area contributed by atoms with E-state index in [4.69, 9.17) is 26.8 Å². The van der Waals surface area contributed by atoms with Gasteiger partial charge in [-0.15, -0.1) is 0 Å². The van der Waals surface area contributed by atoms with E-state index < -0.39 is 0 Å². The van der Waals surface area contributed by atoms with Gasteiger partial charge >= 0.3 is 0 Å². The minimum absolute atomic E-state index is 0.169. The molecule has 0 spiro atoms. The van der Waals surface area contributed by atoms with E-state index in [0.717, 1.165) is 29.9 Å². The minimum atomic E-state index is 0.169. The molecule has 2 aromatic rings. The van der Waals surface area contributed by atoms with Gasteiger partial charge in [0.25, 0.3) is 0 Å². The lowest BCUT2D eigenvalue weighted by Gasteiger charge is -2.12. The van der Waals surface area contributed by atoms with Crippen molar-refractivity contribution < 1.29 is 9.47 Å². The number of hydrogen-bond acceptors (Lipinski definition) is 3. The Labute approximate surface area is 129 Å². The summed E-state index contributed by atoms with van der Waals surface area (Å²) in [6.07, 6.45) is 2.04. The molecule has 0 fully saturated rings. The average molecular weight is 304 g/mol. The number of ether oxygens (including phenoxy) is 2. The lowest BCUT2D eigenvalue weighted by molar-refractivity contribution is 0.296. The van der Waals surface area contributed by atoms with Crippen molar-refractivity contribution in [2.75, 3.05) is 7.11 Å². The van der Waals surface area contributed by atoms with Crippen molar-refractivity contribution >= 4 is 11.6 Å². The number of fused-ring (bicyclic) bond motifs is 1. The van der Waals surface area contributed by atoms with E-state index >= 15 is 0 Å². The molecule has 1 atom stereocenters. The first-order valence-corrected chi connectivity index (χ1v) is 7.39. The summed E-state index contributed by atoms with van der Waals surface area (Å²) in [4.78, 5) is 0. The Morgan fingerprint density at radius 1 is 1.24 bits per heavy atom. The van der Waals surface area contributed by atoms with Gasteiger partial charge in [0.05, 0.1) is 7.11 Å². The van der Waals surface area contributed by atoms with Crippen molar-refractivity contribution in [2.24, 2.45) is 5.73 Å². The van der Waals surface area contributed by atoms with Crippen molar-refractivity contribution in [2.45, 2.75) is 25.5 Å². The summed E-state index contributed by atoms with van der Waals surface area (Å²) in [6, 6.07) is 11.8. The predicted molar refractivity (Wildman–Crippen MR) is 84.0 cm³/mol.